The van der Waals surface area contributed by atoms with Crippen molar-refractivity contribution >= 4 is 5.91 Å². The number of aromatic nitrogens is 1. The zero-order valence-electron chi connectivity index (χ0n) is 14.1. The SMILES string of the molecule is COCCC1COCCN1C(=O)Cc1coc(-c2ccc(F)cc2)n1. The average molecular weight is 348 g/mol. The Balaban J connectivity index is 1.65. The number of hydrogen-bond donors (Lipinski definition) is 0. The van der Waals surface area contributed by atoms with Crippen molar-refractivity contribution in [1.29, 1.82) is 0 Å². The normalized spacial score (nSPS) is 17.7. The van der Waals surface area contributed by atoms with Crippen LogP contribution in [0.4, 0.5) is 4.39 Å². The fourth-order valence-corrected chi connectivity index (χ4v) is 2.85. The molecule has 0 aliphatic carbocycles. The van der Waals surface area contributed by atoms with Gasteiger partial charge in [0, 0.05) is 25.8 Å². The van der Waals surface area contributed by atoms with Gasteiger partial charge in [0.15, 0.2) is 0 Å². The number of hydrogen-bond acceptors (Lipinski definition) is 5. The lowest BCUT2D eigenvalue weighted by Crippen LogP contribution is -2.49. The van der Waals surface area contributed by atoms with E-state index in [2.05, 4.69) is 4.98 Å². The first-order chi connectivity index (χ1) is 12.2. The van der Waals surface area contributed by atoms with Crippen LogP contribution in [0.2, 0.25) is 0 Å². The van der Waals surface area contributed by atoms with Crippen molar-refractivity contribution in [3.8, 4) is 11.5 Å². The van der Waals surface area contributed by atoms with Gasteiger partial charge in [-0.3, -0.25) is 4.79 Å². The molecule has 1 aliphatic heterocycles. The van der Waals surface area contributed by atoms with Crippen molar-refractivity contribution in [1.82, 2.24) is 9.88 Å². The molecule has 2 heterocycles. The first-order valence-corrected chi connectivity index (χ1v) is 8.24. The van der Waals surface area contributed by atoms with Crippen molar-refractivity contribution in [3.05, 3.63) is 42.0 Å². The van der Waals surface area contributed by atoms with Crippen molar-refractivity contribution in [2.75, 3.05) is 33.5 Å². The maximum absolute atomic E-state index is 13.0. The summed E-state index contributed by atoms with van der Waals surface area (Å²) in [6.07, 6.45) is 2.37. The van der Waals surface area contributed by atoms with E-state index in [0.29, 0.717) is 43.5 Å². The van der Waals surface area contributed by atoms with E-state index in [1.54, 1.807) is 19.2 Å². The summed E-state index contributed by atoms with van der Waals surface area (Å²) in [5, 5.41) is 0. The van der Waals surface area contributed by atoms with Crippen LogP contribution in [-0.4, -0.2) is 55.3 Å². The number of nitrogens with zero attached hydrogens (tertiary/aromatic N) is 2. The Hall–Kier alpha value is -2.25. The smallest absolute Gasteiger partial charge is 0.229 e. The summed E-state index contributed by atoms with van der Waals surface area (Å²) in [5.74, 6) is 0.0456. The van der Waals surface area contributed by atoms with Crippen molar-refractivity contribution < 1.29 is 23.1 Å². The zero-order valence-corrected chi connectivity index (χ0v) is 14.1. The van der Waals surface area contributed by atoms with E-state index in [-0.39, 0.29) is 24.2 Å². The van der Waals surface area contributed by atoms with E-state index in [9.17, 15) is 9.18 Å². The van der Waals surface area contributed by atoms with Gasteiger partial charge in [0.05, 0.1) is 31.4 Å². The number of oxazole rings is 1. The van der Waals surface area contributed by atoms with Gasteiger partial charge in [-0.25, -0.2) is 9.37 Å². The van der Waals surface area contributed by atoms with Gasteiger partial charge < -0.3 is 18.8 Å². The minimum absolute atomic E-state index is 0.0108. The molecule has 1 aliphatic rings. The molecule has 1 amide bonds. The quantitative estimate of drug-likeness (QED) is 0.801. The second-order valence-electron chi connectivity index (χ2n) is 5.93. The summed E-state index contributed by atoms with van der Waals surface area (Å²) in [6.45, 7) is 2.20. The van der Waals surface area contributed by atoms with Crippen LogP contribution in [0, 0.1) is 5.82 Å². The summed E-state index contributed by atoms with van der Waals surface area (Å²) in [7, 11) is 1.64. The number of benzene rings is 1. The Morgan fingerprint density at radius 1 is 1.40 bits per heavy atom. The Morgan fingerprint density at radius 2 is 2.20 bits per heavy atom. The number of morpholine rings is 1. The molecular weight excluding hydrogens is 327 g/mol. The molecule has 1 aromatic heterocycles. The molecule has 1 unspecified atom stereocenters. The predicted molar refractivity (Wildman–Crippen MR) is 88.4 cm³/mol. The van der Waals surface area contributed by atoms with Crippen LogP contribution < -0.4 is 0 Å². The molecule has 25 heavy (non-hydrogen) atoms. The lowest BCUT2D eigenvalue weighted by molar-refractivity contribution is -0.139. The van der Waals surface area contributed by atoms with Crippen LogP contribution in [0.1, 0.15) is 12.1 Å². The maximum atomic E-state index is 13.0. The Labute approximate surface area is 145 Å². The van der Waals surface area contributed by atoms with Crippen LogP contribution >= 0.6 is 0 Å². The van der Waals surface area contributed by atoms with Crippen LogP contribution in [0.5, 0.6) is 0 Å². The molecule has 134 valence electrons. The van der Waals surface area contributed by atoms with Gasteiger partial charge in [-0.05, 0) is 30.7 Å². The molecule has 1 fully saturated rings. The largest absolute Gasteiger partial charge is 0.444 e. The molecule has 1 saturated heterocycles. The van der Waals surface area contributed by atoms with E-state index in [1.807, 2.05) is 4.90 Å². The molecule has 2 aromatic rings. The summed E-state index contributed by atoms with van der Waals surface area (Å²) in [5.41, 5.74) is 1.23. The number of carbonyl (C=O) groups is 1. The van der Waals surface area contributed by atoms with Crippen molar-refractivity contribution in [3.63, 3.8) is 0 Å². The lowest BCUT2D eigenvalue weighted by Gasteiger charge is -2.35. The Kier molecular flexibility index (Phi) is 5.78. The standard InChI is InChI=1S/C18H21FN2O4/c1-23-8-6-16-12-24-9-7-21(16)17(22)10-15-11-25-18(20-15)13-2-4-14(19)5-3-13/h2-5,11,16H,6-10,12H2,1H3. The van der Waals surface area contributed by atoms with Crippen LogP contribution in [-0.2, 0) is 20.7 Å². The highest BCUT2D eigenvalue weighted by molar-refractivity contribution is 5.78. The highest BCUT2D eigenvalue weighted by Crippen LogP contribution is 2.20. The fraction of sp³-hybridized carbons (Fsp3) is 0.444. The molecular formula is C18H21FN2O4. The van der Waals surface area contributed by atoms with Crippen molar-refractivity contribution in [2.24, 2.45) is 0 Å². The molecule has 6 nitrogen and oxygen atoms in total. The van der Waals surface area contributed by atoms with E-state index in [4.69, 9.17) is 13.9 Å². The van der Waals surface area contributed by atoms with Crippen LogP contribution in [0.15, 0.2) is 34.9 Å². The van der Waals surface area contributed by atoms with E-state index < -0.39 is 0 Å². The number of carbonyl (C=O) groups excluding carboxylic acids is 1. The third kappa shape index (κ3) is 4.43. The topological polar surface area (TPSA) is 64.8 Å². The maximum Gasteiger partial charge on any atom is 0.229 e. The molecule has 1 aromatic carbocycles. The van der Waals surface area contributed by atoms with Crippen LogP contribution in [0.3, 0.4) is 0 Å². The van der Waals surface area contributed by atoms with Gasteiger partial charge >= 0.3 is 0 Å². The first kappa shape index (κ1) is 17.6. The first-order valence-electron chi connectivity index (χ1n) is 8.24. The molecule has 0 spiro atoms. The molecule has 0 N–H and O–H groups in total. The lowest BCUT2D eigenvalue weighted by atomic mass is 10.1. The molecule has 0 saturated carbocycles. The highest BCUT2D eigenvalue weighted by atomic mass is 19.1. The second-order valence-corrected chi connectivity index (χ2v) is 5.93. The number of amides is 1. The van der Waals surface area contributed by atoms with Gasteiger partial charge in [0.1, 0.15) is 12.1 Å². The number of rotatable bonds is 6. The number of methoxy groups -OCH3 is 1. The molecule has 0 radical (unpaired) electrons. The Morgan fingerprint density at radius 3 is 2.96 bits per heavy atom. The Bertz CT molecular complexity index is 701. The van der Waals surface area contributed by atoms with Gasteiger partial charge in [0.2, 0.25) is 11.8 Å². The third-order valence-corrected chi connectivity index (χ3v) is 4.18. The van der Waals surface area contributed by atoms with E-state index >= 15 is 0 Å². The van der Waals surface area contributed by atoms with E-state index in [0.717, 1.165) is 6.42 Å². The molecule has 3 rings (SSSR count). The summed E-state index contributed by atoms with van der Waals surface area (Å²) < 4.78 is 29.0. The average Bonchev–Trinajstić information content (AvgIpc) is 3.09. The van der Waals surface area contributed by atoms with Gasteiger partial charge in [-0.2, -0.15) is 0 Å². The number of ether oxygens (including phenoxy) is 2. The monoisotopic (exact) mass is 348 g/mol. The minimum atomic E-state index is -0.319. The van der Waals surface area contributed by atoms with Crippen LogP contribution in [0.25, 0.3) is 11.5 Å². The summed E-state index contributed by atoms with van der Waals surface area (Å²) in [4.78, 5) is 18.8. The van der Waals surface area contributed by atoms with E-state index in [1.165, 1.54) is 18.4 Å². The van der Waals surface area contributed by atoms with Crippen molar-refractivity contribution in [2.45, 2.75) is 18.9 Å². The summed E-state index contributed by atoms with van der Waals surface area (Å²) >= 11 is 0. The minimum Gasteiger partial charge on any atom is -0.444 e. The fourth-order valence-electron chi connectivity index (χ4n) is 2.85. The molecule has 7 heteroatoms. The van der Waals surface area contributed by atoms with Gasteiger partial charge in [-0.1, -0.05) is 0 Å². The van der Waals surface area contributed by atoms with Gasteiger partial charge in [-0.15, -0.1) is 0 Å². The predicted octanol–water partition coefficient (Wildman–Crippen LogP) is 2.29. The summed E-state index contributed by atoms with van der Waals surface area (Å²) in [6, 6.07) is 5.90. The second kappa shape index (κ2) is 8.22. The molecule has 1 atom stereocenters. The highest BCUT2D eigenvalue weighted by Gasteiger charge is 2.27. The molecule has 0 bridgehead atoms. The number of halogens is 1. The zero-order chi connectivity index (χ0) is 17.6. The third-order valence-electron chi connectivity index (χ3n) is 4.18. The van der Waals surface area contributed by atoms with Gasteiger partial charge in [0.25, 0.3) is 0 Å².